The Morgan fingerprint density at radius 2 is 1.13 bits per heavy atom. The third kappa shape index (κ3) is 30.4. The van der Waals surface area contributed by atoms with Gasteiger partial charge in [-0.1, -0.05) is 103 Å². The second kappa shape index (κ2) is 29.4. The molecule has 2 atom stereocenters. The molecule has 2 unspecified atom stereocenters. The molecule has 0 bridgehead atoms. The molecule has 0 saturated carbocycles. The molecule has 0 amide bonds. The molecule has 0 aromatic rings. The van der Waals surface area contributed by atoms with Gasteiger partial charge in [-0.25, -0.2) is 4.79 Å². The largest absolute Gasteiger partial charge is 0.477 e. The van der Waals surface area contributed by atoms with Crippen LogP contribution in [0.3, 0.4) is 0 Å². The fraction of sp³-hybridized carbons (Fsp3) is 0.861. The van der Waals surface area contributed by atoms with Crippen LogP contribution in [0.5, 0.6) is 0 Å². The number of unbranched alkanes of at least 4 members (excludes halogenated alkanes) is 15. The van der Waals surface area contributed by atoms with E-state index in [-0.39, 0.29) is 32.2 Å². The Labute approximate surface area is 275 Å². The van der Waals surface area contributed by atoms with Gasteiger partial charge in [0, 0.05) is 12.8 Å². The van der Waals surface area contributed by atoms with Crippen LogP contribution in [-0.4, -0.2) is 87.4 Å². The van der Waals surface area contributed by atoms with Crippen molar-refractivity contribution in [3.8, 4) is 0 Å². The average molecular weight is 643 g/mol. The molecule has 264 valence electrons. The molecule has 45 heavy (non-hydrogen) atoms. The van der Waals surface area contributed by atoms with E-state index in [9.17, 15) is 19.5 Å². The number of carbonyl (C=O) groups is 3. The maximum absolute atomic E-state index is 12.6. The van der Waals surface area contributed by atoms with Gasteiger partial charge in [-0.3, -0.25) is 9.59 Å². The zero-order valence-electron chi connectivity index (χ0n) is 29.5. The maximum Gasteiger partial charge on any atom is 0.361 e. The van der Waals surface area contributed by atoms with Crippen molar-refractivity contribution in [3.63, 3.8) is 0 Å². The Morgan fingerprint density at radius 3 is 1.67 bits per heavy atom. The van der Waals surface area contributed by atoms with E-state index in [1.807, 2.05) is 21.1 Å². The normalized spacial score (nSPS) is 13.2. The van der Waals surface area contributed by atoms with Gasteiger partial charge in [0.15, 0.2) is 6.10 Å². The number of carboxylic acid groups (broad SMARTS) is 1. The molecule has 0 heterocycles. The molecule has 0 radical (unpaired) electrons. The van der Waals surface area contributed by atoms with E-state index in [4.69, 9.17) is 18.9 Å². The number of rotatable bonds is 32. The second-order valence-electron chi connectivity index (χ2n) is 13.2. The molecule has 9 heteroatoms. The lowest BCUT2D eigenvalue weighted by atomic mass is 10.1. The number of carbonyl (C=O) groups excluding carboxylic acids is 2. The van der Waals surface area contributed by atoms with Crippen LogP contribution in [0.4, 0.5) is 0 Å². The van der Waals surface area contributed by atoms with Crippen LogP contribution < -0.4 is 0 Å². The van der Waals surface area contributed by atoms with E-state index in [0.29, 0.717) is 23.9 Å². The topological polar surface area (TPSA) is 108 Å². The van der Waals surface area contributed by atoms with E-state index in [2.05, 4.69) is 26.0 Å². The minimum absolute atomic E-state index is 0.182. The summed E-state index contributed by atoms with van der Waals surface area (Å²) in [6.45, 7) is 4.77. The predicted molar refractivity (Wildman–Crippen MR) is 180 cm³/mol. The number of ether oxygens (including phenoxy) is 4. The maximum atomic E-state index is 12.6. The molecule has 0 aliphatic rings. The van der Waals surface area contributed by atoms with E-state index in [1.54, 1.807) is 0 Å². The van der Waals surface area contributed by atoms with Crippen molar-refractivity contribution < 1.29 is 42.9 Å². The van der Waals surface area contributed by atoms with Crippen LogP contribution in [-0.2, 0) is 33.3 Å². The molecule has 0 aliphatic carbocycles. The third-order valence-electron chi connectivity index (χ3n) is 7.52. The van der Waals surface area contributed by atoms with Gasteiger partial charge in [-0.2, -0.15) is 0 Å². The lowest BCUT2D eigenvalue weighted by Gasteiger charge is -2.25. The quantitative estimate of drug-likeness (QED) is 0.0259. The van der Waals surface area contributed by atoms with Crippen LogP contribution in [0.25, 0.3) is 0 Å². The lowest BCUT2D eigenvalue weighted by molar-refractivity contribution is -0.870. The number of allylic oxidation sites excluding steroid dienone is 2. The van der Waals surface area contributed by atoms with Gasteiger partial charge in [-0.15, -0.1) is 0 Å². The number of hydrogen-bond acceptors (Lipinski definition) is 7. The zero-order valence-corrected chi connectivity index (χ0v) is 29.5. The highest BCUT2D eigenvalue weighted by molar-refractivity contribution is 5.71. The zero-order chi connectivity index (χ0) is 33.6. The highest BCUT2D eigenvalue weighted by atomic mass is 16.7. The first-order valence-corrected chi connectivity index (χ1v) is 17.9. The van der Waals surface area contributed by atoms with Crippen LogP contribution in [0.1, 0.15) is 142 Å². The Hall–Kier alpha value is -1.97. The van der Waals surface area contributed by atoms with Crippen LogP contribution in [0.15, 0.2) is 12.2 Å². The van der Waals surface area contributed by atoms with E-state index in [0.717, 1.165) is 51.4 Å². The number of esters is 2. The Bertz CT molecular complexity index is 765. The van der Waals surface area contributed by atoms with Gasteiger partial charge in [0.2, 0.25) is 0 Å². The molecule has 0 fully saturated rings. The van der Waals surface area contributed by atoms with Crippen molar-refractivity contribution in [1.82, 2.24) is 0 Å². The van der Waals surface area contributed by atoms with Gasteiger partial charge in [0.25, 0.3) is 6.29 Å². The van der Waals surface area contributed by atoms with Crippen molar-refractivity contribution in [1.29, 1.82) is 0 Å². The summed E-state index contributed by atoms with van der Waals surface area (Å²) in [6, 6.07) is 0. The number of likely N-dealkylation sites (N-methyl/N-ethyl adjacent to an activating group) is 1. The first-order valence-electron chi connectivity index (χ1n) is 17.9. The molecule has 9 nitrogen and oxygen atoms in total. The fourth-order valence-electron chi connectivity index (χ4n) is 4.65. The SMILES string of the molecule is CCCCCC/C=C\CCCCCCCC(=O)OC(COC(=O)CCCCCCCCC)COC(OCC[N+](C)(C)C)C(=O)O. The predicted octanol–water partition coefficient (Wildman–Crippen LogP) is 7.99. The molecule has 0 aliphatic heterocycles. The minimum Gasteiger partial charge on any atom is -0.477 e. The first-order chi connectivity index (χ1) is 21.6. The summed E-state index contributed by atoms with van der Waals surface area (Å²) < 4.78 is 22.5. The number of aliphatic carboxylic acids is 1. The van der Waals surface area contributed by atoms with Crippen molar-refractivity contribution in [2.24, 2.45) is 0 Å². The van der Waals surface area contributed by atoms with E-state index in [1.165, 1.54) is 57.8 Å². The number of hydrogen-bond donors (Lipinski definition) is 1. The molecule has 0 aromatic carbocycles. The molecule has 0 spiro atoms. The van der Waals surface area contributed by atoms with E-state index < -0.39 is 24.3 Å². The van der Waals surface area contributed by atoms with E-state index >= 15 is 0 Å². The number of quaternary nitrogens is 1. The van der Waals surface area contributed by atoms with Gasteiger partial charge in [0.05, 0.1) is 34.4 Å². The summed E-state index contributed by atoms with van der Waals surface area (Å²) in [7, 11) is 5.93. The molecular weight excluding hydrogens is 574 g/mol. The Morgan fingerprint density at radius 1 is 0.644 bits per heavy atom. The average Bonchev–Trinajstić information content (AvgIpc) is 2.98. The summed E-state index contributed by atoms with van der Waals surface area (Å²) in [4.78, 5) is 36.6. The van der Waals surface area contributed by atoms with Gasteiger partial charge < -0.3 is 28.5 Å². The van der Waals surface area contributed by atoms with Gasteiger partial charge >= 0.3 is 17.9 Å². The number of nitrogens with zero attached hydrogens (tertiary/aromatic N) is 1. The first kappa shape index (κ1) is 43.0. The standard InChI is InChI=1S/C36H67NO8/c1-6-8-10-12-14-15-16-17-18-19-21-23-25-27-34(39)45-32(30-43-33(38)26-24-22-20-13-11-9-7-2)31-44-36(35(40)41)42-29-28-37(3,4)5/h15-16,32,36H,6-14,17-31H2,1-5H3/p+1/b16-15-. The van der Waals surface area contributed by atoms with Crippen LogP contribution in [0.2, 0.25) is 0 Å². The monoisotopic (exact) mass is 642 g/mol. The second-order valence-corrected chi connectivity index (χ2v) is 13.2. The highest BCUT2D eigenvalue weighted by Crippen LogP contribution is 2.12. The molecular formula is C36H68NO8+. The molecule has 0 saturated heterocycles. The summed E-state index contributed by atoms with van der Waals surface area (Å²) in [5.74, 6) is -2.03. The molecule has 1 N–H and O–H groups in total. The Balaban J connectivity index is 4.57. The summed E-state index contributed by atoms with van der Waals surface area (Å²) in [5, 5.41) is 9.54. The molecule has 0 rings (SSSR count). The minimum atomic E-state index is -1.50. The smallest absolute Gasteiger partial charge is 0.361 e. The van der Waals surface area contributed by atoms with Crippen molar-refractivity contribution in [3.05, 3.63) is 12.2 Å². The van der Waals surface area contributed by atoms with Gasteiger partial charge in [-0.05, 0) is 38.5 Å². The third-order valence-corrected chi connectivity index (χ3v) is 7.52. The van der Waals surface area contributed by atoms with Crippen LogP contribution in [0, 0.1) is 0 Å². The van der Waals surface area contributed by atoms with Crippen molar-refractivity contribution >= 4 is 17.9 Å². The molecule has 0 aromatic heterocycles. The van der Waals surface area contributed by atoms with Crippen molar-refractivity contribution in [2.75, 3.05) is 47.5 Å². The van der Waals surface area contributed by atoms with Gasteiger partial charge in [0.1, 0.15) is 13.2 Å². The number of carboxylic acids is 1. The van der Waals surface area contributed by atoms with Crippen molar-refractivity contribution in [2.45, 2.75) is 155 Å². The lowest BCUT2D eigenvalue weighted by Crippen LogP contribution is -2.40. The summed E-state index contributed by atoms with van der Waals surface area (Å²) in [5.41, 5.74) is 0. The fourth-order valence-corrected chi connectivity index (χ4v) is 4.65. The Kier molecular flexibility index (Phi) is 28.1. The summed E-state index contributed by atoms with van der Waals surface area (Å²) in [6.07, 6.45) is 22.9. The highest BCUT2D eigenvalue weighted by Gasteiger charge is 2.25. The summed E-state index contributed by atoms with van der Waals surface area (Å²) >= 11 is 0. The van der Waals surface area contributed by atoms with Crippen LogP contribution >= 0.6 is 0 Å².